The monoisotopic (exact) mass is 238 g/mol. The number of esters is 1. The first kappa shape index (κ1) is 11.0. The van der Waals surface area contributed by atoms with Crippen LogP contribution in [-0.2, 0) is 11.2 Å². The van der Waals surface area contributed by atoms with Crippen LogP contribution in [0.1, 0.15) is 28.4 Å². The van der Waals surface area contributed by atoms with E-state index in [1.165, 1.54) is 16.7 Å². The van der Waals surface area contributed by atoms with Gasteiger partial charge in [0, 0.05) is 0 Å². The van der Waals surface area contributed by atoms with E-state index in [0.29, 0.717) is 12.2 Å². The molecule has 0 fully saturated rings. The summed E-state index contributed by atoms with van der Waals surface area (Å²) in [4.78, 5) is 11.7. The fourth-order valence-electron chi connectivity index (χ4n) is 2.47. The molecule has 1 aliphatic rings. The smallest absolute Gasteiger partial charge is 0.338 e. The minimum absolute atomic E-state index is 0.246. The van der Waals surface area contributed by atoms with E-state index in [1.54, 1.807) is 0 Å². The van der Waals surface area contributed by atoms with Gasteiger partial charge >= 0.3 is 5.97 Å². The summed E-state index contributed by atoms with van der Waals surface area (Å²) in [5.41, 5.74) is 5.64. The fourth-order valence-corrected chi connectivity index (χ4v) is 2.47. The zero-order chi connectivity index (χ0) is 12.5. The number of hydrogen-bond donors (Lipinski definition) is 0. The van der Waals surface area contributed by atoms with Crippen molar-refractivity contribution in [1.29, 1.82) is 0 Å². The van der Waals surface area contributed by atoms with Gasteiger partial charge < -0.3 is 4.74 Å². The molecule has 0 saturated carbocycles. The molecule has 0 unspecified atom stereocenters. The summed E-state index contributed by atoms with van der Waals surface area (Å²) >= 11 is 0. The second kappa shape index (κ2) is 4.30. The number of carbonyl (C=O) groups excluding carboxylic acids is 1. The van der Waals surface area contributed by atoms with E-state index in [9.17, 15) is 4.79 Å². The molecule has 90 valence electrons. The maximum absolute atomic E-state index is 11.7. The number of benzene rings is 2. The van der Waals surface area contributed by atoms with Crippen LogP contribution in [0, 0.1) is 0 Å². The van der Waals surface area contributed by atoms with Crippen molar-refractivity contribution in [2.24, 2.45) is 0 Å². The van der Waals surface area contributed by atoms with E-state index in [4.69, 9.17) is 4.74 Å². The minimum atomic E-state index is -0.246. The summed E-state index contributed by atoms with van der Waals surface area (Å²) < 4.78 is 5.04. The van der Waals surface area contributed by atoms with Gasteiger partial charge in [-0.05, 0) is 47.7 Å². The highest BCUT2D eigenvalue weighted by atomic mass is 16.5. The van der Waals surface area contributed by atoms with E-state index in [1.807, 2.05) is 31.2 Å². The first-order chi connectivity index (χ1) is 8.79. The highest BCUT2D eigenvalue weighted by Gasteiger charge is 2.19. The molecular formula is C16H14O2. The van der Waals surface area contributed by atoms with Crippen molar-refractivity contribution in [2.75, 3.05) is 6.61 Å². The molecule has 2 aromatic carbocycles. The van der Waals surface area contributed by atoms with Crippen molar-refractivity contribution in [3.05, 3.63) is 59.2 Å². The van der Waals surface area contributed by atoms with Gasteiger partial charge in [-0.3, -0.25) is 0 Å². The lowest BCUT2D eigenvalue weighted by molar-refractivity contribution is 0.0526. The molecule has 0 radical (unpaired) electrons. The Bertz CT molecular complexity index is 614. The molecule has 0 aromatic heterocycles. The Morgan fingerprint density at radius 2 is 1.89 bits per heavy atom. The number of carbonyl (C=O) groups is 1. The molecule has 2 aromatic rings. The predicted molar refractivity (Wildman–Crippen MR) is 70.6 cm³/mol. The van der Waals surface area contributed by atoms with Crippen molar-refractivity contribution in [2.45, 2.75) is 13.3 Å². The Morgan fingerprint density at radius 1 is 1.11 bits per heavy atom. The van der Waals surface area contributed by atoms with E-state index < -0.39 is 0 Å². The number of ether oxygens (including phenoxy) is 1. The van der Waals surface area contributed by atoms with Crippen LogP contribution in [0.15, 0.2) is 42.5 Å². The Morgan fingerprint density at radius 3 is 2.72 bits per heavy atom. The van der Waals surface area contributed by atoms with Gasteiger partial charge in [0.25, 0.3) is 0 Å². The van der Waals surface area contributed by atoms with Crippen LogP contribution in [-0.4, -0.2) is 12.6 Å². The lowest BCUT2D eigenvalue weighted by Gasteiger charge is -2.05. The summed E-state index contributed by atoms with van der Waals surface area (Å²) in [5, 5.41) is 0. The van der Waals surface area contributed by atoms with Gasteiger partial charge in [-0.1, -0.05) is 30.3 Å². The van der Waals surface area contributed by atoms with Gasteiger partial charge in [-0.25, -0.2) is 4.79 Å². The van der Waals surface area contributed by atoms with Gasteiger partial charge in [0.1, 0.15) is 0 Å². The lowest BCUT2D eigenvalue weighted by Crippen LogP contribution is -2.04. The third-order valence-electron chi connectivity index (χ3n) is 3.31. The summed E-state index contributed by atoms with van der Waals surface area (Å²) in [5.74, 6) is -0.246. The van der Waals surface area contributed by atoms with E-state index in [2.05, 4.69) is 18.2 Å². The van der Waals surface area contributed by atoms with Crippen molar-refractivity contribution < 1.29 is 9.53 Å². The zero-order valence-electron chi connectivity index (χ0n) is 10.3. The highest BCUT2D eigenvalue weighted by Crippen LogP contribution is 2.36. The molecule has 0 spiro atoms. The first-order valence-electron chi connectivity index (χ1n) is 6.18. The predicted octanol–water partition coefficient (Wildman–Crippen LogP) is 3.43. The van der Waals surface area contributed by atoms with Crippen LogP contribution < -0.4 is 0 Å². The molecule has 0 aliphatic heterocycles. The molecule has 2 heteroatoms. The van der Waals surface area contributed by atoms with Crippen LogP contribution in [0.2, 0.25) is 0 Å². The van der Waals surface area contributed by atoms with Gasteiger partial charge in [-0.2, -0.15) is 0 Å². The number of fused-ring (bicyclic) bond motifs is 3. The standard InChI is InChI=1S/C16H14O2/c1-2-18-16(17)13-8-7-12-9-11-5-3-4-6-14(11)15(12)10-13/h3-8,10H,2,9H2,1H3. The van der Waals surface area contributed by atoms with Gasteiger partial charge in [0.15, 0.2) is 0 Å². The van der Waals surface area contributed by atoms with Crippen LogP contribution in [0.4, 0.5) is 0 Å². The van der Waals surface area contributed by atoms with Crippen molar-refractivity contribution in [1.82, 2.24) is 0 Å². The van der Waals surface area contributed by atoms with Gasteiger partial charge in [0.2, 0.25) is 0 Å². The molecule has 1 aliphatic carbocycles. The SMILES string of the molecule is CCOC(=O)c1ccc2c(c1)-c1ccccc1C2. The van der Waals surface area contributed by atoms with E-state index in [0.717, 1.165) is 12.0 Å². The normalized spacial score (nSPS) is 11.8. The van der Waals surface area contributed by atoms with Crippen LogP contribution in [0.3, 0.4) is 0 Å². The molecule has 0 bridgehead atoms. The quantitative estimate of drug-likeness (QED) is 0.639. The van der Waals surface area contributed by atoms with Crippen molar-refractivity contribution >= 4 is 5.97 Å². The number of hydrogen-bond acceptors (Lipinski definition) is 2. The second-order valence-electron chi connectivity index (χ2n) is 4.43. The van der Waals surface area contributed by atoms with Crippen molar-refractivity contribution in [3.63, 3.8) is 0 Å². The third-order valence-corrected chi connectivity index (χ3v) is 3.31. The largest absolute Gasteiger partial charge is 0.462 e. The van der Waals surface area contributed by atoms with Gasteiger partial charge in [-0.15, -0.1) is 0 Å². The summed E-state index contributed by atoms with van der Waals surface area (Å²) in [6.45, 7) is 2.23. The topological polar surface area (TPSA) is 26.3 Å². The van der Waals surface area contributed by atoms with Gasteiger partial charge in [0.05, 0.1) is 12.2 Å². The second-order valence-corrected chi connectivity index (χ2v) is 4.43. The van der Waals surface area contributed by atoms with Crippen molar-refractivity contribution in [3.8, 4) is 11.1 Å². The molecule has 0 N–H and O–H groups in total. The Hall–Kier alpha value is -2.09. The zero-order valence-corrected chi connectivity index (χ0v) is 10.3. The highest BCUT2D eigenvalue weighted by molar-refractivity contribution is 5.92. The average molecular weight is 238 g/mol. The Labute approximate surface area is 106 Å². The molecule has 0 heterocycles. The molecule has 0 atom stereocenters. The maximum Gasteiger partial charge on any atom is 0.338 e. The molecule has 0 saturated heterocycles. The lowest BCUT2D eigenvalue weighted by atomic mass is 10.0. The van der Waals surface area contributed by atoms with Crippen LogP contribution >= 0.6 is 0 Å². The molecule has 0 amide bonds. The van der Waals surface area contributed by atoms with E-state index in [-0.39, 0.29) is 5.97 Å². The molecule has 3 rings (SSSR count). The molecule has 18 heavy (non-hydrogen) atoms. The van der Waals surface area contributed by atoms with Crippen LogP contribution in [0.5, 0.6) is 0 Å². The minimum Gasteiger partial charge on any atom is -0.462 e. The number of rotatable bonds is 2. The summed E-state index contributed by atoms with van der Waals surface area (Å²) in [6.07, 6.45) is 0.953. The fraction of sp³-hybridized carbons (Fsp3) is 0.188. The van der Waals surface area contributed by atoms with E-state index >= 15 is 0 Å². The Kier molecular flexibility index (Phi) is 2.63. The first-order valence-corrected chi connectivity index (χ1v) is 6.18. The maximum atomic E-state index is 11.7. The summed E-state index contributed by atoms with van der Waals surface area (Å²) in [6, 6.07) is 14.2. The molecule has 2 nitrogen and oxygen atoms in total. The van der Waals surface area contributed by atoms with Crippen LogP contribution in [0.25, 0.3) is 11.1 Å². The average Bonchev–Trinajstić information content (AvgIpc) is 2.76. The summed E-state index contributed by atoms with van der Waals surface area (Å²) in [7, 11) is 0. The Balaban J connectivity index is 2.05. The molecular weight excluding hydrogens is 224 g/mol. The third kappa shape index (κ3) is 1.70.